The molecule has 0 saturated heterocycles. The monoisotopic (exact) mass is 334 g/mol. The minimum Gasteiger partial charge on any atom is -0.394 e. The van der Waals surface area contributed by atoms with Crippen molar-refractivity contribution in [2.75, 3.05) is 6.61 Å². The first-order valence-corrected chi connectivity index (χ1v) is 6.40. The fourth-order valence-electron chi connectivity index (χ4n) is 1.39. The molecule has 5 heteroatoms. The summed E-state index contributed by atoms with van der Waals surface area (Å²) in [7, 11) is 0. The molecule has 3 nitrogen and oxygen atoms in total. The lowest BCUT2D eigenvalue weighted by molar-refractivity contribution is 0.229. The summed E-state index contributed by atoms with van der Waals surface area (Å²) in [5.41, 5.74) is 0.937. The van der Waals surface area contributed by atoms with Crippen LogP contribution in [0, 0.1) is 0 Å². The molecule has 82 valence electrons. The van der Waals surface area contributed by atoms with Gasteiger partial charge in [-0.25, -0.2) is 0 Å². The van der Waals surface area contributed by atoms with Crippen LogP contribution in [-0.4, -0.2) is 22.2 Å². The summed E-state index contributed by atoms with van der Waals surface area (Å²) in [4.78, 5) is 4.31. The maximum absolute atomic E-state index is 9.15. The predicted octanol–water partition coefficient (Wildman–Crippen LogP) is 2.22. The van der Waals surface area contributed by atoms with Gasteiger partial charge in [-0.1, -0.05) is 0 Å². The van der Waals surface area contributed by atoms with Crippen molar-refractivity contribution in [3.63, 3.8) is 0 Å². The minimum atomic E-state index is -0.0335. The van der Waals surface area contributed by atoms with Crippen molar-refractivity contribution >= 4 is 31.9 Å². The number of halogens is 2. The number of nitrogens with zero attached hydrogens (tertiary/aromatic N) is 1. The molecule has 1 aliphatic carbocycles. The van der Waals surface area contributed by atoms with E-state index < -0.39 is 0 Å². The second-order valence-corrected chi connectivity index (χ2v) is 5.64. The highest BCUT2D eigenvalue weighted by molar-refractivity contribution is 9.11. The highest BCUT2D eigenvalue weighted by Crippen LogP contribution is 2.35. The average Bonchev–Trinajstić information content (AvgIpc) is 2.97. The standard InChI is InChI=1S/C10H12Br2N2O/c11-7-3-8(12)9(13-4-7)5-14-10(6-15)1-2-10/h3-4,14-15H,1-2,5-6H2. The Morgan fingerprint density at radius 1 is 1.47 bits per heavy atom. The van der Waals surface area contributed by atoms with E-state index in [1.807, 2.05) is 6.07 Å². The molecule has 1 fully saturated rings. The highest BCUT2D eigenvalue weighted by atomic mass is 79.9. The van der Waals surface area contributed by atoms with E-state index in [9.17, 15) is 0 Å². The number of hydrogen-bond acceptors (Lipinski definition) is 3. The van der Waals surface area contributed by atoms with Crippen molar-refractivity contribution in [2.24, 2.45) is 0 Å². The van der Waals surface area contributed by atoms with Crippen LogP contribution in [0.4, 0.5) is 0 Å². The van der Waals surface area contributed by atoms with Crippen molar-refractivity contribution in [3.05, 3.63) is 26.9 Å². The first-order chi connectivity index (χ1) is 7.15. The highest BCUT2D eigenvalue weighted by Gasteiger charge is 2.41. The molecular formula is C10H12Br2N2O. The van der Waals surface area contributed by atoms with Crippen molar-refractivity contribution in [1.82, 2.24) is 10.3 Å². The third-order valence-corrected chi connectivity index (χ3v) is 3.79. The summed E-state index contributed by atoms with van der Waals surface area (Å²) in [6.45, 7) is 0.898. The first kappa shape index (κ1) is 11.5. The van der Waals surface area contributed by atoms with E-state index in [1.165, 1.54) is 0 Å². The van der Waals surface area contributed by atoms with Crippen molar-refractivity contribution in [3.8, 4) is 0 Å². The molecule has 1 aromatic heterocycles. The van der Waals surface area contributed by atoms with Crippen LogP contribution in [0.2, 0.25) is 0 Å². The smallest absolute Gasteiger partial charge is 0.0684 e. The topological polar surface area (TPSA) is 45.1 Å². The van der Waals surface area contributed by atoms with Crippen molar-refractivity contribution in [1.29, 1.82) is 0 Å². The van der Waals surface area contributed by atoms with Crippen LogP contribution < -0.4 is 5.32 Å². The molecule has 0 aromatic carbocycles. The van der Waals surface area contributed by atoms with Crippen molar-refractivity contribution < 1.29 is 5.11 Å². The molecule has 0 radical (unpaired) electrons. The molecule has 0 bridgehead atoms. The summed E-state index contributed by atoms with van der Waals surface area (Å²) in [6, 6.07) is 1.97. The molecule has 1 aliphatic rings. The van der Waals surface area contributed by atoms with Crippen LogP contribution in [0.1, 0.15) is 18.5 Å². The molecule has 0 aliphatic heterocycles. The predicted molar refractivity (Wildman–Crippen MR) is 65.5 cm³/mol. The zero-order valence-electron chi connectivity index (χ0n) is 8.13. The van der Waals surface area contributed by atoms with Gasteiger partial charge in [0.1, 0.15) is 0 Å². The number of hydrogen-bond donors (Lipinski definition) is 2. The van der Waals surface area contributed by atoms with Crippen LogP contribution >= 0.6 is 31.9 Å². The number of pyridine rings is 1. The Bertz CT molecular complexity index is 366. The lowest BCUT2D eigenvalue weighted by Gasteiger charge is -2.14. The second-order valence-electron chi connectivity index (χ2n) is 3.87. The third-order valence-electron chi connectivity index (χ3n) is 2.67. The van der Waals surface area contributed by atoms with Gasteiger partial charge in [0.25, 0.3) is 0 Å². The normalized spacial score (nSPS) is 17.8. The Kier molecular flexibility index (Phi) is 3.45. The van der Waals surface area contributed by atoms with Gasteiger partial charge in [0.05, 0.1) is 12.3 Å². The van der Waals surface area contributed by atoms with Gasteiger partial charge in [-0.05, 0) is 50.8 Å². The number of aromatic nitrogens is 1. The maximum Gasteiger partial charge on any atom is 0.0684 e. The lowest BCUT2D eigenvalue weighted by atomic mass is 10.2. The number of rotatable bonds is 4. The Balaban J connectivity index is 1.99. The molecule has 15 heavy (non-hydrogen) atoms. The maximum atomic E-state index is 9.15. The minimum absolute atomic E-state index is 0.0335. The molecule has 2 rings (SSSR count). The van der Waals surface area contributed by atoms with Gasteiger partial charge in [0.15, 0.2) is 0 Å². The van der Waals surface area contributed by atoms with Crippen molar-refractivity contribution in [2.45, 2.75) is 24.9 Å². The zero-order valence-corrected chi connectivity index (χ0v) is 11.3. The summed E-state index contributed by atoms with van der Waals surface area (Å²) in [6.07, 6.45) is 3.88. The lowest BCUT2D eigenvalue weighted by Crippen LogP contribution is -2.34. The Labute approximate surface area is 106 Å². The molecule has 1 heterocycles. The van der Waals surface area contributed by atoms with E-state index in [1.54, 1.807) is 6.20 Å². The molecule has 2 N–H and O–H groups in total. The zero-order chi connectivity index (χ0) is 10.9. The van der Waals surface area contributed by atoms with E-state index in [4.69, 9.17) is 5.11 Å². The van der Waals surface area contributed by atoms with Gasteiger partial charge in [-0.3, -0.25) is 4.98 Å². The molecule has 0 spiro atoms. The second kappa shape index (κ2) is 4.49. The number of aliphatic hydroxyl groups is 1. The van der Waals surface area contributed by atoms with Crippen LogP contribution in [0.3, 0.4) is 0 Å². The van der Waals surface area contributed by atoms with Gasteiger partial charge in [-0.15, -0.1) is 0 Å². The van der Waals surface area contributed by atoms with Gasteiger partial charge in [-0.2, -0.15) is 0 Å². The fourth-order valence-corrected chi connectivity index (χ4v) is 2.51. The van der Waals surface area contributed by atoms with Crippen LogP contribution in [0.15, 0.2) is 21.2 Å². The number of nitrogens with one attached hydrogen (secondary N) is 1. The Morgan fingerprint density at radius 3 is 2.73 bits per heavy atom. The van der Waals surface area contributed by atoms with E-state index in [0.29, 0.717) is 6.54 Å². The van der Waals surface area contributed by atoms with Gasteiger partial charge in [0.2, 0.25) is 0 Å². The average molecular weight is 336 g/mol. The number of aliphatic hydroxyl groups excluding tert-OH is 1. The Morgan fingerprint density at radius 2 is 2.20 bits per heavy atom. The summed E-state index contributed by atoms with van der Waals surface area (Å²) in [5.74, 6) is 0. The van der Waals surface area contributed by atoms with Gasteiger partial charge >= 0.3 is 0 Å². The molecule has 0 atom stereocenters. The molecule has 1 aromatic rings. The fraction of sp³-hybridized carbons (Fsp3) is 0.500. The largest absolute Gasteiger partial charge is 0.394 e. The van der Waals surface area contributed by atoms with Gasteiger partial charge < -0.3 is 10.4 Å². The molecular weight excluding hydrogens is 324 g/mol. The van der Waals surface area contributed by atoms with E-state index in [-0.39, 0.29) is 12.1 Å². The Hall–Kier alpha value is 0.0300. The third kappa shape index (κ3) is 2.78. The summed E-state index contributed by atoms with van der Waals surface area (Å²) in [5, 5.41) is 12.5. The molecule has 0 unspecified atom stereocenters. The van der Waals surface area contributed by atoms with E-state index in [2.05, 4.69) is 42.2 Å². The van der Waals surface area contributed by atoms with Gasteiger partial charge in [0, 0.05) is 27.2 Å². The van der Waals surface area contributed by atoms with E-state index in [0.717, 1.165) is 27.5 Å². The summed E-state index contributed by atoms with van der Waals surface area (Å²) >= 11 is 6.82. The summed E-state index contributed by atoms with van der Waals surface area (Å²) < 4.78 is 1.94. The quantitative estimate of drug-likeness (QED) is 0.886. The van der Waals surface area contributed by atoms with Crippen LogP contribution in [-0.2, 0) is 6.54 Å². The van der Waals surface area contributed by atoms with Crippen LogP contribution in [0.25, 0.3) is 0 Å². The first-order valence-electron chi connectivity index (χ1n) is 4.81. The van der Waals surface area contributed by atoms with E-state index >= 15 is 0 Å². The molecule has 0 amide bonds. The SMILES string of the molecule is OCC1(NCc2ncc(Br)cc2Br)CC1. The van der Waals surface area contributed by atoms with Crippen LogP contribution in [0.5, 0.6) is 0 Å². The molecule has 1 saturated carbocycles.